The highest BCUT2D eigenvalue weighted by molar-refractivity contribution is 5.94. The van der Waals surface area contributed by atoms with Crippen LogP contribution in [0.3, 0.4) is 0 Å². The third-order valence-electron chi connectivity index (χ3n) is 4.83. The smallest absolute Gasteiger partial charge is 0.270 e. The highest BCUT2D eigenvalue weighted by Gasteiger charge is 2.39. The van der Waals surface area contributed by atoms with Crippen LogP contribution in [0.2, 0.25) is 0 Å². The van der Waals surface area contributed by atoms with Gasteiger partial charge in [-0.05, 0) is 25.0 Å². The molecule has 2 saturated heterocycles. The van der Waals surface area contributed by atoms with E-state index in [1.807, 2.05) is 7.05 Å². The molecule has 2 aliphatic heterocycles. The van der Waals surface area contributed by atoms with E-state index in [1.54, 1.807) is 23.4 Å². The third kappa shape index (κ3) is 2.62. The van der Waals surface area contributed by atoms with Crippen molar-refractivity contribution < 1.29 is 9.59 Å². The van der Waals surface area contributed by atoms with Gasteiger partial charge in [0.2, 0.25) is 5.91 Å². The van der Waals surface area contributed by atoms with E-state index < -0.39 is 0 Å². The molecule has 2 fully saturated rings. The molecule has 2 N–H and O–H groups in total. The Morgan fingerprint density at radius 3 is 3.04 bits per heavy atom. The van der Waals surface area contributed by atoms with Gasteiger partial charge in [0.25, 0.3) is 5.91 Å². The van der Waals surface area contributed by atoms with Gasteiger partial charge >= 0.3 is 0 Å². The Kier molecular flexibility index (Phi) is 3.68. The summed E-state index contributed by atoms with van der Waals surface area (Å²) in [5.74, 6) is -0.00619. The fraction of sp³-hybridized carbons (Fsp3) is 0.500. The SMILES string of the molecule is CN1CCCC(N2CC(NC(=O)c3ccc4[nH]cnc4n3)C2)C1=O. The Morgan fingerprint density at radius 2 is 2.21 bits per heavy atom. The van der Waals surface area contributed by atoms with E-state index in [1.165, 1.54) is 0 Å². The highest BCUT2D eigenvalue weighted by atomic mass is 16.2. The molecular formula is C16H20N6O2. The lowest BCUT2D eigenvalue weighted by atomic mass is 9.98. The minimum atomic E-state index is -0.198. The van der Waals surface area contributed by atoms with Crippen LogP contribution >= 0.6 is 0 Å². The van der Waals surface area contributed by atoms with Crippen molar-refractivity contribution in [2.75, 3.05) is 26.7 Å². The number of likely N-dealkylation sites (tertiary alicyclic amines) is 2. The zero-order valence-electron chi connectivity index (χ0n) is 13.5. The number of likely N-dealkylation sites (N-methyl/N-ethyl adjacent to an activating group) is 1. The van der Waals surface area contributed by atoms with Crippen molar-refractivity contribution in [2.45, 2.75) is 24.9 Å². The van der Waals surface area contributed by atoms with Crippen LogP contribution in [0, 0.1) is 0 Å². The van der Waals surface area contributed by atoms with Crippen LogP contribution in [0.1, 0.15) is 23.3 Å². The molecule has 4 heterocycles. The van der Waals surface area contributed by atoms with E-state index in [9.17, 15) is 9.59 Å². The number of hydrogen-bond donors (Lipinski definition) is 2. The average molecular weight is 328 g/mol. The molecule has 4 rings (SSSR count). The van der Waals surface area contributed by atoms with Crippen LogP contribution in [0.4, 0.5) is 0 Å². The highest BCUT2D eigenvalue weighted by Crippen LogP contribution is 2.21. The number of pyridine rings is 1. The molecule has 1 atom stereocenters. The molecule has 2 aliphatic rings. The lowest BCUT2D eigenvalue weighted by Crippen LogP contribution is -2.65. The van der Waals surface area contributed by atoms with Gasteiger partial charge in [0.1, 0.15) is 5.69 Å². The van der Waals surface area contributed by atoms with Crippen LogP contribution in [0.5, 0.6) is 0 Å². The largest absolute Gasteiger partial charge is 0.345 e. The van der Waals surface area contributed by atoms with Crippen molar-refractivity contribution in [3.63, 3.8) is 0 Å². The second-order valence-corrected chi connectivity index (χ2v) is 6.51. The third-order valence-corrected chi connectivity index (χ3v) is 4.83. The molecule has 0 saturated carbocycles. The Hall–Kier alpha value is -2.48. The minimum absolute atomic E-state index is 0.0320. The number of amides is 2. The second-order valence-electron chi connectivity index (χ2n) is 6.51. The zero-order chi connectivity index (χ0) is 16.7. The van der Waals surface area contributed by atoms with Crippen molar-refractivity contribution in [2.24, 2.45) is 0 Å². The van der Waals surface area contributed by atoms with Crippen LogP contribution in [-0.2, 0) is 4.79 Å². The molecule has 24 heavy (non-hydrogen) atoms. The number of hydrogen-bond acceptors (Lipinski definition) is 5. The van der Waals surface area contributed by atoms with Crippen molar-refractivity contribution in [3.05, 3.63) is 24.2 Å². The summed E-state index contributed by atoms with van der Waals surface area (Å²) in [6.07, 6.45) is 3.50. The van der Waals surface area contributed by atoms with Crippen molar-refractivity contribution in [3.8, 4) is 0 Å². The first-order chi connectivity index (χ1) is 11.6. The zero-order valence-corrected chi connectivity index (χ0v) is 13.5. The number of rotatable bonds is 3. The van der Waals surface area contributed by atoms with Gasteiger partial charge in [-0.2, -0.15) is 0 Å². The topological polar surface area (TPSA) is 94.2 Å². The summed E-state index contributed by atoms with van der Waals surface area (Å²) in [5, 5.41) is 2.98. The number of aromatic amines is 1. The fourth-order valence-electron chi connectivity index (χ4n) is 3.42. The lowest BCUT2D eigenvalue weighted by Gasteiger charge is -2.46. The molecule has 8 nitrogen and oxygen atoms in total. The summed E-state index contributed by atoms with van der Waals surface area (Å²) in [5.41, 5.74) is 1.71. The molecule has 126 valence electrons. The van der Waals surface area contributed by atoms with E-state index in [2.05, 4.69) is 25.2 Å². The maximum Gasteiger partial charge on any atom is 0.270 e. The van der Waals surface area contributed by atoms with E-state index in [0.717, 1.165) is 24.9 Å². The molecule has 0 radical (unpaired) electrons. The molecule has 1 unspecified atom stereocenters. The number of carbonyl (C=O) groups excluding carboxylic acids is 2. The molecule has 0 spiro atoms. The van der Waals surface area contributed by atoms with E-state index in [0.29, 0.717) is 24.4 Å². The summed E-state index contributed by atoms with van der Waals surface area (Å²) in [6.45, 7) is 2.26. The van der Waals surface area contributed by atoms with Crippen LogP contribution in [-0.4, -0.2) is 75.3 Å². The standard InChI is InChI=1S/C16H20N6O2/c1-21-6-2-3-13(16(21)24)22-7-10(8-22)19-15(23)12-5-4-11-14(20-12)18-9-17-11/h4-5,9-10,13H,2-3,6-8H2,1H3,(H,19,23)(H,17,18,20). The predicted octanol–water partition coefficient (Wildman–Crippen LogP) is -0.00730. The number of fused-ring (bicyclic) bond motifs is 1. The van der Waals surface area contributed by atoms with Gasteiger partial charge in [-0.15, -0.1) is 0 Å². The predicted molar refractivity (Wildman–Crippen MR) is 87.4 cm³/mol. The van der Waals surface area contributed by atoms with Crippen molar-refractivity contribution in [1.29, 1.82) is 0 Å². The van der Waals surface area contributed by atoms with Gasteiger partial charge in [-0.25, -0.2) is 9.97 Å². The molecule has 0 aliphatic carbocycles. The van der Waals surface area contributed by atoms with E-state index in [-0.39, 0.29) is 23.9 Å². The van der Waals surface area contributed by atoms with Gasteiger partial charge in [0.15, 0.2) is 5.65 Å². The number of carbonyl (C=O) groups is 2. The normalized spacial score (nSPS) is 22.6. The maximum atomic E-state index is 12.3. The quantitative estimate of drug-likeness (QED) is 0.827. The molecule has 0 bridgehead atoms. The first-order valence-corrected chi connectivity index (χ1v) is 8.22. The molecule has 8 heteroatoms. The monoisotopic (exact) mass is 328 g/mol. The van der Waals surface area contributed by atoms with Crippen LogP contribution in [0.15, 0.2) is 18.5 Å². The van der Waals surface area contributed by atoms with E-state index in [4.69, 9.17) is 0 Å². The molecule has 0 aromatic carbocycles. The number of nitrogens with one attached hydrogen (secondary N) is 2. The number of imidazole rings is 1. The number of piperidine rings is 1. The van der Waals surface area contributed by atoms with Crippen molar-refractivity contribution >= 4 is 23.0 Å². The lowest BCUT2D eigenvalue weighted by molar-refractivity contribution is -0.141. The van der Waals surface area contributed by atoms with E-state index >= 15 is 0 Å². The summed E-state index contributed by atoms with van der Waals surface area (Å²) < 4.78 is 0. The molecule has 2 aromatic heterocycles. The maximum absolute atomic E-state index is 12.3. The van der Waals surface area contributed by atoms with Gasteiger partial charge in [-0.1, -0.05) is 0 Å². The minimum Gasteiger partial charge on any atom is -0.345 e. The van der Waals surface area contributed by atoms with Crippen molar-refractivity contribution in [1.82, 2.24) is 30.1 Å². The summed E-state index contributed by atoms with van der Waals surface area (Å²) >= 11 is 0. The Balaban J connectivity index is 1.34. The number of H-pyrrole nitrogens is 1. The Bertz CT molecular complexity index is 782. The molecular weight excluding hydrogens is 308 g/mol. The summed E-state index contributed by atoms with van der Waals surface area (Å²) in [7, 11) is 1.85. The van der Waals surface area contributed by atoms with Gasteiger partial charge in [0.05, 0.1) is 23.9 Å². The fourth-order valence-corrected chi connectivity index (χ4v) is 3.42. The first kappa shape index (κ1) is 15.1. The van der Waals surface area contributed by atoms with Crippen LogP contribution < -0.4 is 5.32 Å². The Labute approximate surface area is 139 Å². The Morgan fingerprint density at radius 1 is 1.38 bits per heavy atom. The average Bonchev–Trinajstić information content (AvgIpc) is 3.01. The van der Waals surface area contributed by atoms with Gasteiger partial charge in [-0.3, -0.25) is 14.5 Å². The molecule has 2 aromatic rings. The summed E-state index contributed by atoms with van der Waals surface area (Å²) in [6, 6.07) is 3.52. The molecule has 2 amide bonds. The number of nitrogens with zero attached hydrogens (tertiary/aromatic N) is 4. The van der Waals surface area contributed by atoms with Gasteiger partial charge in [0, 0.05) is 26.7 Å². The number of aromatic nitrogens is 3. The first-order valence-electron chi connectivity index (χ1n) is 8.22. The van der Waals surface area contributed by atoms with Gasteiger partial charge < -0.3 is 15.2 Å². The van der Waals surface area contributed by atoms with Crippen LogP contribution in [0.25, 0.3) is 11.2 Å². The summed E-state index contributed by atoms with van der Waals surface area (Å²) in [4.78, 5) is 39.7. The second kappa shape index (κ2) is 5.86.